The highest BCUT2D eigenvalue weighted by atomic mass is 32.2. The predicted molar refractivity (Wildman–Crippen MR) is 59.7 cm³/mol. The van der Waals surface area contributed by atoms with Crippen molar-refractivity contribution in [1.82, 2.24) is 20.2 Å². The smallest absolute Gasteiger partial charge is 0.352 e. The first-order valence-electron chi connectivity index (χ1n) is 4.72. The molecule has 0 aliphatic carbocycles. The van der Waals surface area contributed by atoms with Crippen molar-refractivity contribution in [2.45, 2.75) is 11.8 Å². The summed E-state index contributed by atoms with van der Waals surface area (Å²) in [4.78, 5) is 16.5. The molecule has 96 valence electrons. The third-order valence-corrected chi connectivity index (χ3v) is 3.33. The Balaban J connectivity index is 2.27. The summed E-state index contributed by atoms with van der Waals surface area (Å²) in [6, 6.07) is 1.00. The number of sulfonamides is 1. The van der Waals surface area contributed by atoms with Gasteiger partial charge in [0, 0.05) is 6.20 Å². The lowest BCUT2D eigenvalue weighted by atomic mass is 10.4. The molecule has 4 N–H and O–H groups in total. The van der Waals surface area contributed by atoms with Crippen LogP contribution in [-0.4, -0.2) is 39.7 Å². The second-order valence-electron chi connectivity index (χ2n) is 3.40. The Morgan fingerprint density at radius 3 is 2.72 bits per heavy atom. The number of hydrogen-bond donors (Lipinski definition) is 4. The minimum Gasteiger partial charge on any atom is -0.477 e. The zero-order chi connectivity index (χ0) is 13.3. The van der Waals surface area contributed by atoms with Crippen LogP contribution in [0.3, 0.4) is 0 Å². The first kappa shape index (κ1) is 12.1. The van der Waals surface area contributed by atoms with E-state index >= 15 is 0 Å². The lowest BCUT2D eigenvalue weighted by Crippen LogP contribution is -2.13. The van der Waals surface area contributed by atoms with E-state index in [0.717, 1.165) is 12.3 Å². The van der Waals surface area contributed by atoms with Crippen LogP contribution in [0, 0.1) is 6.92 Å². The van der Waals surface area contributed by atoms with Crippen LogP contribution in [0.25, 0.3) is 0 Å². The third-order valence-electron chi connectivity index (χ3n) is 2.02. The first-order chi connectivity index (χ1) is 8.38. The Kier molecular flexibility index (Phi) is 2.79. The molecule has 0 saturated heterocycles. The van der Waals surface area contributed by atoms with Gasteiger partial charge in [-0.05, 0) is 13.0 Å². The number of carboxylic acids is 1. The van der Waals surface area contributed by atoms with Gasteiger partial charge < -0.3 is 10.1 Å². The average Bonchev–Trinajstić information content (AvgIpc) is 2.86. The van der Waals surface area contributed by atoms with Gasteiger partial charge in [-0.3, -0.25) is 5.10 Å². The maximum Gasteiger partial charge on any atom is 0.352 e. The number of anilines is 1. The molecule has 10 heteroatoms. The minimum atomic E-state index is -3.90. The summed E-state index contributed by atoms with van der Waals surface area (Å²) in [7, 11) is -3.90. The van der Waals surface area contributed by atoms with Gasteiger partial charge in [0.05, 0.1) is 0 Å². The summed E-state index contributed by atoms with van der Waals surface area (Å²) in [6.07, 6.45) is 1.07. The molecular weight excluding hydrogens is 262 g/mol. The van der Waals surface area contributed by atoms with Crippen molar-refractivity contribution in [3.8, 4) is 0 Å². The SMILES string of the molecule is Cc1nc(NS(=O)(=O)c2c[nH]c(C(=O)O)c2)n[nH]1. The molecule has 0 saturated carbocycles. The van der Waals surface area contributed by atoms with E-state index in [1.807, 2.05) is 0 Å². The van der Waals surface area contributed by atoms with Gasteiger partial charge in [0.25, 0.3) is 16.0 Å². The number of aromatic nitrogens is 4. The molecular formula is C8H9N5O4S. The number of nitrogens with zero attached hydrogens (tertiary/aromatic N) is 2. The number of H-pyrrole nitrogens is 2. The summed E-state index contributed by atoms with van der Waals surface area (Å²) in [6.45, 7) is 1.61. The molecule has 2 aromatic heterocycles. The fourth-order valence-corrected chi connectivity index (χ4v) is 2.16. The van der Waals surface area contributed by atoms with Crippen molar-refractivity contribution in [2.24, 2.45) is 0 Å². The van der Waals surface area contributed by atoms with Gasteiger partial charge in [-0.2, -0.15) is 4.98 Å². The van der Waals surface area contributed by atoms with Gasteiger partial charge in [-0.1, -0.05) is 0 Å². The van der Waals surface area contributed by atoms with E-state index in [0.29, 0.717) is 5.82 Å². The third kappa shape index (κ3) is 2.32. The van der Waals surface area contributed by atoms with Crippen molar-refractivity contribution < 1.29 is 18.3 Å². The minimum absolute atomic E-state index is 0.106. The Morgan fingerprint density at radius 2 is 2.22 bits per heavy atom. The monoisotopic (exact) mass is 271 g/mol. The van der Waals surface area contributed by atoms with E-state index in [2.05, 4.69) is 24.9 Å². The Bertz CT molecular complexity index is 686. The molecule has 0 fully saturated rings. The van der Waals surface area contributed by atoms with Crippen LogP contribution in [0.1, 0.15) is 16.3 Å². The summed E-state index contributed by atoms with van der Waals surface area (Å²) in [5.41, 5.74) is -0.221. The molecule has 18 heavy (non-hydrogen) atoms. The Labute approximate surface area is 101 Å². The summed E-state index contributed by atoms with van der Waals surface area (Å²) in [5.74, 6) is -0.899. The normalized spacial score (nSPS) is 11.4. The van der Waals surface area contributed by atoms with E-state index in [1.165, 1.54) is 0 Å². The van der Waals surface area contributed by atoms with Crippen LogP contribution in [0.5, 0.6) is 0 Å². The molecule has 0 amide bonds. The quantitative estimate of drug-likeness (QED) is 0.614. The van der Waals surface area contributed by atoms with Gasteiger partial charge >= 0.3 is 5.97 Å². The second kappa shape index (κ2) is 4.14. The van der Waals surface area contributed by atoms with Gasteiger partial charge in [0.15, 0.2) is 0 Å². The summed E-state index contributed by atoms with van der Waals surface area (Å²) >= 11 is 0. The maximum atomic E-state index is 11.8. The zero-order valence-corrected chi connectivity index (χ0v) is 9.95. The fraction of sp³-hybridized carbons (Fsp3) is 0.125. The number of hydrogen-bond acceptors (Lipinski definition) is 5. The van der Waals surface area contributed by atoms with E-state index in [4.69, 9.17) is 5.11 Å². The number of carboxylic acid groups (broad SMARTS) is 1. The summed E-state index contributed by atoms with van der Waals surface area (Å²) in [5, 5.41) is 14.8. The summed E-state index contributed by atoms with van der Waals surface area (Å²) < 4.78 is 25.8. The molecule has 9 nitrogen and oxygen atoms in total. The molecule has 0 radical (unpaired) electrons. The molecule has 2 heterocycles. The van der Waals surface area contributed by atoms with Crippen LogP contribution in [-0.2, 0) is 10.0 Å². The molecule has 0 bridgehead atoms. The van der Waals surface area contributed by atoms with Crippen LogP contribution < -0.4 is 4.72 Å². The zero-order valence-electron chi connectivity index (χ0n) is 9.13. The van der Waals surface area contributed by atoms with Crippen molar-refractivity contribution in [3.63, 3.8) is 0 Å². The topological polar surface area (TPSA) is 141 Å². The number of aromatic amines is 2. The molecule has 0 atom stereocenters. The molecule has 2 rings (SSSR count). The van der Waals surface area contributed by atoms with E-state index in [9.17, 15) is 13.2 Å². The first-order valence-corrected chi connectivity index (χ1v) is 6.20. The molecule has 0 aliphatic rings. The number of aryl methyl sites for hydroxylation is 1. The van der Waals surface area contributed by atoms with Crippen molar-refractivity contribution in [2.75, 3.05) is 4.72 Å². The van der Waals surface area contributed by atoms with Crippen LogP contribution in [0.4, 0.5) is 5.95 Å². The van der Waals surface area contributed by atoms with Gasteiger partial charge in [-0.25, -0.2) is 17.9 Å². The highest BCUT2D eigenvalue weighted by molar-refractivity contribution is 7.92. The molecule has 0 aromatic carbocycles. The highest BCUT2D eigenvalue weighted by Crippen LogP contribution is 2.14. The molecule has 2 aromatic rings. The van der Waals surface area contributed by atoms with Crippen LogP contribution in [0.2, 0.25) is 0 Å². The van der Waals surface area contributed by atoms with Crippen LogP contribution >= 0.6 is 0 Å². The molecule has 0 spiro atoms. The van der Waals surface area contributed by atoms with Gasteiger partial charge in [0.2, 0.25) is 0 Å². The number of nitrogens with one attached hydrogen (secondary N) is 3. The van der Waals surface area contributed by atoms with Crippen molar-refractivity contribution in [1.29, 1.82) is 0 Å². The van der Waals surface area contributed by atoms with Crippen molar-refractivity contribution >= 4 is 21.9 Å². The second-order valence-corrected chi connectivity index (χ2v) is 5.09. The number of rotatable bonds is 4. The molecule has 0 unspecified atom stereocenters. The Morgan fingerprint density at radius 1 is 1.50 bits per heavy atom. The standard InChI is InChI=1S/C8H9N5O4S/c1-4-10-8(12-11-4)13-18(16,17)5-2-6(7(14)15)9-3-5/h2-3,9H,1H3,(H,14,15)(H2,10,11,12,13). The highest BCUT2D eigenvalue weighted by Gasteiger charge is 2.19. The lowest BCUT2D eigenvalue weighted by Gasteiger charge is -2.00. The van der Waals surface area contributed by atoms with Gasteiger partial charge in [0.1, 0.15) is 16.4 Å². The van der Waals surface area contributed by atoms with Crippen LogP contribution in [0.15, 0.2) is 17.2 Å². The average molecular weight is 271 g/mol. The maximum absolute atomic E-state index is 11.8. The van der Waals surface area contributed by atoms with Crippen molar-refractivity contribution in [3.05, 3.63) is 23.8 Å². The Hall–Kier alpha value is -2.36. The largest absolute Gasteiger partial charge is 0.477 e. The number of aromatic carboxylic acids is 1. The van der Waals surface area contributed by atoms with E-state index in [-0.39, 0.29) is 16.5 Å². The fourth-order valence-electron chi connectivity index (χ4n) is 1.22. The predicted octanol–water partition coefficient (Wildman–Crippen LogP) is -0.0598. The molecule has 0 aliphatic heterocycles. The number of carbonyl (C=O) groups is 1. The van der Waals surface area contributed by atoms with E-state index < -0.39 is 16.0 Å². The lowest BCUT2D eigenvalue weighted by molar-refractivity contribution is 0.0691. The van der Waals surface area contributed by atoms with E-state index in [1.54, 1.807) is 6.92 Å². The van der Waals surface area contributed by atoms with Gasteiger partial charge in [-0.15, -0.1) is 5.10 Å².